The Labute approximate surface area is 149 Å². The second-order valence-corrected chi connectivity index (χ2v) is 7.70. The van der Waals surface area contributed by atoms with Crippen LogP contribution in [0.1, 0.15) is 44.9 Å². The summed E-state index contributed by atoms with van der Waals surface area (Å²) in [4.78, 5) is 12.3. The highest BCUT2D eigenvalue weighted by atomic mass is 16.5. The van der Waals surface area contributed by atoms with E-state index in [1.54, 1.807) is 0 Å². The van der Waals surface area contributed by atoms with Crippen LogP contribution in [0.25, 0.3) is 0 Å². The van der Waals surface area contributed by atoms with Crippen LogP contribution in [-0.4, -0.2) is 37.3 Å². The Kier molecular flexibility index (Phi) is 5.22. The van der Waals surface area contributed by atoms with E-state index in [0.717, 1.165) is 43.7 Å². The molecule has 25 heavy (non-hydrogen) atoms. The van der Waals surface area contributed by atoms with Crippen LogP contribution in [0.15, 0.2) is 24.3 Å². The summed E-state index contributed by atoms with van der Waals surface area (Å²) < 4.78 is 11.3. The maximum absolute atomic E-state index is 12.3. The van der Waals surface area contributed by atoms with E-state index in [0.29, 0.717) is 31.0 Å². The fraction of sp³-hybridized carbons (Fsp3) is 0.650. The lowest BCUT2D eigenvalue weighted by molar-refractivity contribution is -0.117. The van der Waals surface area contributed by atoms with Gasteiger partial charge in [0, 0.05) is 30.8 Å². The van der Waals surface area contributed by atoms with Crippen molar-refractivity contribution in [3.05, 3.63) is 24.3 Å². The Morgan fingerprint density at radius 1 is 1.16 bits per heavy atom. The predicted octanol–water partition coefficient (Wildman–Crippen LogP) is 3.10. The SMILES string of the molecule is O=C(CC1CC2CCC(C1)N2)Nc1ccc(OCC2CCCO2)cc1. The standard InChI is InChI=1S/C20H28N2O3/c23-20(12-14-10-16-3-4-17(11-14)21-16)22-15-5-7-18(8-6-15)25-13-19-2-1-9-24-19/h5-8,14,16-17,19,21H,1-4,9-13H2,(H,22,23). The monoisotopic (exact) mass is 344 g/mol. The van der Waals surface area contributed by atoms with Gasteiger partial charge in [0.25, 0.3) is 0 Å². The molecule has 0 aliphatic carbocycles. The van der Waals surface area contributed by atoms with E-state index in [1.807, 2.05) is 24.3 Å². The van der Waals surface area contributed by atoms with Gasteiger partial charge in [0.1, 0.15) is 12.4 Å². The summed E-state index contributed by atoms with van der Waals surface area (Å²) in [6, 6.07) is 8.92. The van der Waals surface area contributed by atoms with Crippen LogP contribution in [0, 0.1) is 5.92 Å². The molecule has 3 atom stereocenters. The average Bonchev–Trinajstić information content (AvgIpc) is 3.24. The van der Waals surface area contributed by atoms with Crippen molar-refractivity contribution < 1.29 is 14.3 Å². The van der Waals surface area contributed by atoms with E-state index in [-0.39, 0.29) is 12.0 Å². The molecule has 4 rings (SSSR count). The van der Waals surface area contributed by atoms with Crippen LogP contribution < -0.4 is 15.4 Å². The third-order valence-corrected chi connectivity index (χ3v) is 5.64. The third kappa shape index (κ3) is 4.53. The molecule has 3 unspecified atom stereocenters. The lowest BCUT2D eigenvalue weighted by atomic mass is 9.89. The highest BCUT2D eigenvalue weighted by molar-refractivity contribution is 5.90. The van der Waals surface area contributed by atoms with Crippen LogP contribution >= 0.6 is 0 Å². The Bertz CT molecular complexity index is 571. The van der Waals surface area contributed by atoms with Crippen molar-refractivity contribution in [3.8, 4) is 5.75 Å². The second-order valence-electron chi connectivity index (χ2n) is 7.70. The van der Waals surface area contributed by atoms with Gasteiger partial charge in [0.2, 0.25) is 5.91 Å². The zero-order chi connectivity index (χ0) is 17.1. The molecule has 1 aromatic rings. The third-order valence-electron chi connectivity index (χ3n) is 5.64. The van der Waals surface area contributed by atoms with Crippen LogP contribution in [0.4, 0.5) is 5.69 Å². The van der Waals surface area contributed by atoms with E-state index >= 15 is 0 Å². The molecule has 3 saturated heterocycles. The molecule has 0 spiro atoms. The lowest BCUT2D eigenvalue weighted by Gasteiger charge is -2.28. The molecule has 3 heterocycles. The summed E-state index contributed by atoms with van der Waals surface area (Å²) in [5, 5.41) is 6.65. The van der Waals surface area contributed by atoms with E-state index in [4.69, 9.17) is 9.47 Å². The highest BCUT2D eigenvalue weighted by Crippen LogP contribution is 2.32. The molecular weight excluding hydrogens is 316 g/mol. The van der Waals surface area contributed by atoms with Crippen molar-refractivity contribution in [2.45, 2.75) is 63.1 Å². The summed E-state index contributed by atoms with van der Waals surface area (Å²) in [6.45, 7) is 1.45. The van der Waals surface area contributed by atoms with E-state index in [9.17, 15) is 4.79 Å². The minimum absolute atomic E-state index is 0.124. The fourth-order valence-corrected chi connectivity index (χ4v) is 4.42. The molecule has 2 N–H and O–H groups in total. The molecular formula is C20H28N2O3. The van der Waals surface area contributed by atoms with Crippen molar-refractivity contribution in [1.82, 2.24) is 5.32 Å². The van der Waals surface area contributed by atoms with E-state index in [1.165, 1.54) is 12.8 Å². The van der Waals surface area contributed by atoms with Crippen LogP contribution in [0.3, 0.4) is 0 Å². The molecule has 3 fully saturated rings. The number of piperidine rings is 1. The molecule has 136 valence electrons. The smallest absolute Gasteiger partial charge is 0.224 e. The van der Waals surface area contributed by atoms with E-state index in [2.05, 4.69) is 10.6 Å². The second kappa shape index (κ2) is 7.75. The van der Waals surface area contributed by atoms with Crippen molar-refractivity contribution in [1.29, 1.82) is 0 Å². The number of fused-ring (bicyclic) bond motifs is 2. The number of amides is 1. The summed E-state index contributed by atoms with van der Waals surface area (Å²) in [5.41, 5.74) is 0.839. The molecule has 1 aromatic carbocycles. The number of nitrogens with one attached hydrogen (secondary N) is 2. The Hall–Kier alpha value is -1.59. The van der Waals surface area contributed by atoms with Gasteiger partial charge in [-0.25, -0.2) is 0 Å². The normalized spacial score (nSPS) is 31.0. The first-order valence-electron chi connectivity index (χ1n) is 9.65. The topological polar surface area (TPSA) is 59.6 Å². The maximum atomic E-state index is 12.3. The minimum Gasteiger partial charge on any atom is -0.491 e. The van der Waals surface area contributed by atoms with Crippen LogP contribution in [-0.2, 0) is 9.53 Å². The number of hydrogen-bond acceptors (Lipinski definition) is 4. The molecule has 0 saturated carbocycles. The average molecular weight is 344 g/mol. The molecule has 2 bridgehead atoms. The number of hydrogen-bond donors (Lipinski definition) is 2. The summed E-state index contributed by atoms with van der Waals surface area (Å²) in [6.07, 6.45) is 7.88. The summed E-state index contributed by atoms with van der Waals surface area (Å²) in [7, 11) is 0. The van der Waals surface area contributed by atoms with Crippen molar-refractivity contribution in [3.63, 3.8) is 0 Å². The van der Waals surface area contributed by atoms with Gasteiger partial charge in [0.05, 0.1) is 6.10 Å². The van der Waals surface area contributed by atoms with Gasteiger partial charge in [0.15, 0.2) is 0 Å². The zero-order valence-corrected chi connectivity index (χ0v) is 14.7. The first-order chi connectivity index (χ1) is 12.2. The van der Waals surface area contributed by atoms with Gasteiger partial charge in [-0.2, -0.15) is 0 Å². The number of rotatable bonds is 6. The summed E-state index contributed by atoms with van der Waals surface area (Å²) >= 11 is 0. The number of ether oxygens (including phenoxy) is 2. The number of benzene rings is 1. The van der Waals surface area contributed by atoms with Gasteiger partial charge in [-0.1, -0.05) is 0 Å². The fourth-order valence-electron chi connectivity index (χ4n) is 4.42. The Morgan fingerprint density at radius 3 is 2.60 bits per heavy atom. The molecule has 5 heteroatoms. The van der Waals surface area contributed by atoms with Gasteiger partial charge in [-0.15, -0.1) is 0 Å². The van der Waals surface area contributed by atoms with E-state index < -0.39 is 0 Å². The van der Waals surface area contributed by atoms with Crippen LogP contribution in [0.2, 0.25) is 0 Å². The molecule has 5 nitrogen and oxygen atoms in total. The number of carbonyl (C=O) groups excluding carboxylic acids is 1. The minimum atomic E-state index is 0.124. The largest absolute Gasteiger partial charge is 0.491 e. The molecule has 3 aliphatic rings. The Morgan fingerprint density at radius 2 is 1.92 bits per heavy atom. The number of carbonyl (C=O) groups is 1. The van der Waals surface area contributed by atoms with Crippen molar-refractivity contribution in [2.24, 2.45) is 5.92 Å². The Balaban J connectivity index is 1.22. The maximum Gasteiger partial charge on any atom is 0.224 e. The molecule has 0 aromatic heterocycles. The molecule has 3 aliphatic heterocycles. The van der Waals surface area contributed by atoms with Gasteiger partial charge >= 0.3 is 0 Å². The van der Waals surface area contributed by atoms with Crippen molar-refractivity contribution >= 4 is 11.6 Å². The first kappa shape index (κ1) is 16.9. The van der Waals surface area contributed by atoms with Crippen LogP contribution in [0.5, 0.6) is 5.75 Å². The zero-order valence-electron chi connectivity index (χ0n) is 14.7. The predicted molar refractivity (Wildman–Crippen MR) is 96.8 cm³/mol. The van der Waals surface area contributed by atoms with Crippen molar-refractivity contribution in [2.75, 3.05) is 18.5 Å². The quantitative estimate of drug-likeness (QED) is 0.832. The first-order valence-corrected chi connectivity index (χ1v) is 9.65. The molecule has 0 radical (unpaired) electrons. The lowest BCUT2D eigenvalue weighted by Crippen LogP contribution is -2.39. The molecule has 1 amide bonds. The van der Waals surface area contributed by atoms with Gasteiger partial charge in [-0.3, -0.25) is 4.79 Å². The summed E-state index contributed by atoms with van der Waals surface area (Å²) in [5.74, 6) is 1.47. The number of anilines is 1. The van der Waals surface area contributed by atoms with Gasteiger partial charge < -0.3 is 20.1 Å². The van der Waals surface area contributed by atoms with Gasteiger partial charge in [-0.05, 0) is 68.7 Å². The highest BCUT2D eigenvalue weighted by Gasteiger charge is 2.34.